The van der Waals surface area contributed by atoms with Gasteiger partial charge in [0.2, 0.25) is 0 Å². The van der Waals surface area contributed by atoms with Crippen molar-refractivity contribution in [3.8, 4) is 5.75 Å². The molecule has 0 aromatic carbocycles. The first-order valence-corrected chi connectivity index (χ1v) is 4.47. The molecule has 0 unspecified atom stereocenters. The summed E-state index contributed by atoms with van der Waals surface area (Å²) in [5, 5.41) is 0. The van der Waals surface area contributed by atoms with Gasteiger partial charge in [-0.05, 0) is 6.07 Å². The Morgan fingerprint density at radius 3 is 3.07 bits per heavy atom. The molecule has 5 nitrogen and oxygen atoms in total. The van der Waals surface area contributed by atoms with Gasteiger partial charge in [-0.1, -0.05) is 0 Å². The van der Waals surface area contributed by atoms with Crippen LogP contribution in [0.15, 0.2) is 18.5 Å². The molecule has 0 aliphatic carbocycles. The van der Waals surface area contributed by atoms with E-state index in [1.54, 1.807) is 13.2 Å². The molecule has 1 heterocycles. The zero-order valence-electron chi connectivity index (χ0n) is 8.51. The molecule has 15 heavy (non-hydrogen) atoms. The standard InChI is InChI=1S/C10H13NO4/c1-13-4-5-14-8-15-10-6-11-3-2-9(10)7-12/h2-3,6-7H,4-5,8H2,1H3. The summed E-state index contributed by atoms with van der Waals surface area (Å²) in [5.74, 6) is 0.421. The molecule has 0 fully saturated rings. The molecule has 0 saturated heterocycles. The number of carbonyl (C=O) groups excluding carboxylic acids is 1. The summed E-state index contributed by atoms with van der Waals surface area (Å²) in [7, 11) is 1.59. The van der Waals surface area contributed by atoms with Gasteiger partial charge in [-0.3, -0.25) is 9.78 Å². The van der Waals surface area contributed by atoms with Crippen molar-refractivity contribution < 1.29 is 19.0 Å². The Kier molecular flexibility index (Phi) is 5.35. The number of hydrogen-bond acceptors (Lipinski definition) is 5. The number of aromatic nitrogens is 1. The summed E-state index contributed by atoms with van der Waals surface area (Å²) in [4.78, 5) is 14.4. The van der Waals surface area contributed by atoms with Crippen molar-refractivity contribution in [1.29, 1.82) is 0 Å². The van der Waals surface area contributed by atoms with Crippen LogP contribution in [0.5, 0.6) is 5.75 Å². The van der Waals surface area contributed by atoms with Crippen molar-refractivity contribution in [1.82, 2.24) is 4.98 Å². The lowest BCUT2D eigenvalue weighted by atomic mass is 10.3. The molecule has 1 rings (SSSR count). The molecule has 0 spiro atoms. The fourth-order valence-electron chi connectivity index (χ4n) is 0.915. The van der Waals surface area contributed by atoms with Gasteiger partial charge in [-0.15, -0.1) is 0 Å². The number of methoxy groups -OCH3 is 1. The van der Waals surface area contributed by atoms with E-state index in [4.69, 9.17) is 14.2 Å². The van der Waals surface area contributed by atoms with Gasteiger partial charge in [0.1, 0.15) is 0 Å². The first kappa shape index (κ1) is 11.6. The Labute approximate surface area is 88.0 Å². The number of nitrogens with zero attached hydrogens (tertiary/aromatic N) is 1. The molecule has 0 bridgehead atoms. The SMILES string of the molecule is COCCOCOc1cnccc1C=O. The number of pyridine rings is 1. The molecular weight excluding hydrogens is 198 g/mol. The lowest BCUT2D eigenvalue weighted by Gasteiger charge is -2.07. The highest BCUT2D eigenvalue weighted by atomic mass is 16.7. The minimum Gasteiger partial charge on any atom is -0.465 e. The average molecular weight is 211 g/mol. The lowest BCUT2D eigenvalue weighted by Crippen LogP contribution is -2.08. The summed E-state index contributed by atoms with van der Waals surface area (Å²) in [5.41, 5.74) is 0.459. The molecule has 0 saturated carbocycles. The smallest absolute Gasteiger partial charge is 0.189 e. The van der Waals surface area contributed by atoms with Gasteiger partial charge in [0.15, 0.2) is 18.8 Å². The van der Waals surface area contributed by atoms with Crippen LogP contribution in [0.2, 0.25) is 0 Å². The highest BCUT2D eigenvalue weighted by molar-refractivity contribution is 5.78. The third-order valence-corrected chi connectivity index (χ3v) is 1.67. The molecule has 1 aromatic heterocycles. The minimum atomic E-state index is 0.0793. The first-order chi connectivity index (χ1) is 7.38. The van der Waals surface area contributed by atoms with E-state index in [-0.39, 0.29) is 6.79 Å². The van der Waals surface area contributed by atoms with Crippen LogP contribution in [0.4, 0.5) is 0 Å². The zero-order valence-corrected chi connectivity index (χ0v) is 8.51. The summed E-state index contributed by atoms with van der Waals surface area (Å²) in [6, 6.07) is 1.58. The molecule has 0 atom stereocenters. The maximum atomic E-state index is 10.6. The van der Waals surface area contributed by atoms with Crippen molar-refractivity contribution in [2.75, 3.05) is 27.1 Å². The third-order valence-electron chi connectivity index (χ3n) is 1.67. The monoisotopic (exact) mass is 211 g/mol. The van der Waals surface area contributed by atoms with Gasteiger partial charge in [0.05, 0.1) is 25.0 Å². The summed E-state index contributed by atoms with van der Waals surface area (Å²) in [6.07, 6.45) is 3.72. The van der Waals surface area contributed by atoms with Crippen molar-refractivity contribution in [2.45, 2.75) is 0 Å². The van der Waals surface area contributed by atoms with Gasteiger partial charge in [-0.2, -0.15) is 0 Å². The van der Waals surface area contributed by atoms with Crippen LogP contribution >= 0.6 is 0 Å². The summed E-state index contributed by atoms with van der Waals surface area (Å²) >= 11 is 0. The fraction of sp³-hybridized carbons (Fsp3) is 0.400. The van der Waals surface area contributed by atoms with E-state index in [2.05, 4.69) is 4.98 Å². The van der Waals surface area contributed by atoms with E-state index in [0.29, 0.717) is 30.8 Å². The minimum absolute atomic E-state index is 0.0793. The molecule has 0 aliphatic heterocycles. The second-order valence-electron chi connectivity index (χ2n) is 2.69. The Morgan fingerprint density at radius 2 is 2.33 bits per heavy atom. The fourth-order valence-corrected chi connectivity index (χ4v) is 0.915. The van der Waals surface area contributed by atoms with Crippen LogP contribution in [0.3, 0.4) is 0 Å². The largest absolute Gasteiger partial charge is 0.465 e. The molecule has 0 N–H and O–H groups in total. The Morgan fingerprint density at radius 1 is 1.47 bits per heavy atom. The maximum absolute atomic E-state index is 10.6. The second-order valence-corrected chi connectivity index (χ2v) is 2.69. The zero-order chi connectivity index (χ0) is 10.9. The Hall–Kier alpha value is -1.46. The topological polar surface area (TPSA) is 57.6 Å². The van der Waals surface area contributed by atoms with Crippen molar-refractivity contribution in [3.05, 3.63) is 24.0 Å². The first-order valence-electron chi connectivity index (χ1n) is 4.47. The number of ether oxygens (including phenoxy) is 3. The third kappa shape index (κ3) is 4.05. The van der Waals surface area contributed by atoms with Crippen molar-refractivity contribution in [3.63, 3.8) is 0 Å². The molecule has 82 valence electrons. The van der Waals surface area contributed by atoms with Crippen LogP contribution in [0.25, 0.3) is 0 Å². The van der Waals surface area contributed by atoms with Gasteiger partial charge in [0.25, 0.3) is 0 Å². The van der Waals surface area contributed by atoms with E-state index in [1.807, 2.05) is 0 Å². The van der Waals surface area contributed by atoms with E-state index in [1.165, 1.54) is 12.4 Å². The number of carbonyl (C=O) groups is 1. The highest BCUT2D eigenvalue weighted by Crippen LogP contribution is 2.13. The normalized spacial score (nSPS) is 9.93. The van der Waals surface area contributed by atoms with Gasteiger partial charge in [-0.25, -0.2) is 0 Å². The van der Waals surface area contributed by atoms with Crippen molar-refractivity contribution >= 4 is 6.29 Å². The highest BCUT2D eigenvalue weighted by Gasteiger charge is 2.01. The van der Waals surface area contributed by atoms with Crippen molar-refractivity contribution in [2.24, 2.45) is 0 Å². The Balaban J connectivity index is 2.33. The average Bonchev–Trinajstić information content (AvgIpc) is 2.29. The van der Waals surface area contributed by atoms with Crippen LogP contribution < -0.4 is 4.74 Å². The quantitative estimate of drug-likeness (QED) is 0.381. The molecule has 5 heteroatoms. The van der Waals surface area contributed by atoms with E-state index >= 15 is 0 Å². The van der Waals surface area contributed by atoms with E-state index in [9.17, 15) is 4.79 Å². The van der Waals surface area contributed by atoms with Gasteiger partial charge >= 0.3 is 0 Å². The maximum Gasteiger partial charge on any atom is 0.189 e. The molecule has 0 aliphatic rings. The van der Waals surface area contributed by atoms with E-state index in [0.717, 1.165) is 0 Å². The number of hydrogen-bond donors (Lipinski definition) is 0. The lowest BCUT2D eigenvalue weighted by molar-refractivity contribution is -0.00882. The Bertz CT molecular complexity index is 303. The predicted octanol–water partition coefficient (Wildman–Crippen LogP) is 0.893. The predicted molar refractivity (Wildman–Crippen MR) is 52.9 cm³/mol. The molecule has 0 amide bonds. The molecular formula is C10H13NO4. The summed E-state index contributed by atoms with van der Waals surface area (Å²) in [6.45, 7) is 1.04. The molecule has 1 aromatic rings. The van der Waals surface area contributed by atoms with Gasteiger partial charge in [0, 0.05) is 13.3 Å². The number of rotatable bonds is 7. The van der Waals surface area contributed by atoms with Crippen LogP contribution in [0.1, 0.15) is 10.4 Å². The van der Waals surface area contributed by atoms with Crippen LogP contribution in [-0.2, 0) is 9.47 Å². The van der Waals surface area contributed by atoms with Gasteiger partial charge < -0.3 is 14.2 Å². The van der Waals surface area contributed by atoms with Crippen LogP contribution in [-0.4, -0.2) is 38.4 Å². The number of aldehydes is 1. The van der Waals surface area contributed by atoms with Crippen LogP contribution in [0, 0.1) is 0 Å². The molecule has 0 radical (unpaired) electrons. The summed E-state index contributed by atoms with van der Waals surface area (Å²) < 4.78 is 15.1. The van der Waals surface area contributed by atoms with E-state index < -0.39 is 0 Å². The second kappa shape index (κ2) is 6.92.